The van der Waals surface area contributed by atoms with Crippen LogP contribution in [0.4, 0.5) is 0 Å². The van der Waals surface area contributed by atoms with Crippen LogP contribution in [-0.2, 0) is 25.2 Å². The first kappa shape index (κ1) is 13.7. The SMILES string of the molecule is NS(=O)(=O)c1cc(S(=O)(=O)O)cc2cccc([O])c12. The zero-order valence-corrected chi connectivity index (χ0v) is 10.9. The summed E-state index contributed by atoms with van der Waals surface area (Å²) in [7, 11) is -8.92. The number of sulfonamides is 1. The van der Waals surface area contributed by atoms with Gasteiger partial charge in [-0.1, -0.05) is 12.1 Å². The summed E-state index contributed by atoms with van der Waals surface area (Å²) >= 11 is 0. The van der Waals surface area contributed by atoms with Crippen molar-refractivity contribution in [1.82, 2.24) is 0 Å². The third-order valence-electron chi connectivity index (χ3n) is 2.48. The average Bonchev–Trinajstić information content (AvgIpc) is 2.25. The smallest absolute Gasteiger partial charge is 0.289 e. The largest absolute Gasteiger partial charge is 0.294 e. The zero-order valence-electron chi connectivity index (χ0n) is 9.27. The predicted octanol–water partition coefficient (Wildman–Crippen LogP) is 0.878. The summed E-state index contributed by atoms with van der Waals surface area (Å²) in [4.78, 5) is -1.28. The van der Waals surface area contributed by atoms with Gasteiger partial charge in [0.05, 0.1) is 9.79 Å². The van der Waals surface area contributed by atoms with Gasteiger partial charge in [-0.05, 0) is 23.6 Å². The van der Waals surface area contributed by atoms with Gasteiger partial charge in [0.25, 0.3) is 10.1 Å². The lowest BCUT2D eigenvalue weighted by Crippen LogP contribution is -2.13. The summed E-state index contributed by atoms with van der Waals surface area (Å²) < 4.78 is 54.0. The third kappa shape index (κ3) is 2.54. The summed E-state index contributed by atoms with van der Waals surface area (Å²) in [5.41, 5.74) is 0. The van der Waals surface area contributed by atoms with Crippen LogP contribution in [-0.4, -0.2) is 21.4 Å². The van der Waals surface area contributed by atoms with Gasteiger partial charge in [-0.3, -0.25) is 9.66 Å². The highest BCUT2D eigenvalue weighted by atomic mass is 32.2. The second-order valence-electron chi connectivity index (χ2n) is 3.80. The van der Waals surface area contributed by atoms with E-state index in [1.807, 2.05) is 0 Å². The van der Waals surface area contributed by atoms with E-state index in [1.165, 1.54) is 12.1 Å². The highest BCUT2D eigenvalue weighted by Gasteiger charge is 2.21. The molecule has 0 fully saturated rings. The fourth-order valence-corrected chi connectivity index (χ4v) is 3.11. The van der Waals surface area contributed by atoms with Crippen molar-refractivity contribution in [2.75, 3.05) is 0 Å². The fraction of sp³-hybridized carbons (Fsp3) is 0. The van der Waals surface area contributed by atoms with Gasteiger partial charge in [0.15, 0.2) is 5.75 Å². The Morgan fingerprint density at radius 1 is 1.05 bits per heavy atom. The molecule has 0 atom stereocenters. The van der Waals surface area contributed by atoms with Crippen molar-refractivity contribution < 1.29 is 26.5 Å². The van der Waals surface area contributed by atoms with Crippen molar-refractivity contribution in [3.63, 3.8) is 0 Å². The minimum atomic E-state index is -4.61. The van der Waals surface area contributed by atoms with Gasteiger partial charge in [-0.25, -0.2) is 13.6 Å². The Balaban J connectivity index is 3.07. The highest BCUT2D eigenvalue weighted by molar-refractivity contribution is 7.89. The monoisotopic (exact) mass is 302 g/mol. The first-order valence-corrected chi connectivity index (χ1v) is 7.83. The van der Waals surface area contributed by atoms with E-state index in [-0.39, 0.29) is 10.8 Å². The van der Waals surface area contributed by atoms with Crippen LogP contribution in [0.2, 0.25) is 0 Å². The van der Waals surface area contributed by atoms with Crippen LogP contribution in [0.15, 0.2) is 40.1 Å². The number of hydrogen-bond acceptors (Lipinski definition) is 4. The topological polar surface area (TPSA) is 134 Å². The van der Waals surface area contributed by atoms with Gasteiger partial charge >= 0.3 is 0 Å². The molecule has 2 aromatic rings. The summed E-state index contributed by atoms with van der Waals surface area (Å²) in [6.45, 7) is 0. The van der Waals surface area contributed by atoms with Crippen LogP contribution in [0.5, 0.6) is 5.75 Å². The molecule has 0 aliphatic heterocycles. The Bertz CT molecular complexity index is 870. The maximum Gasteiger partial charge on any atom is 0.294 e. The van der Waals surface area contributed by atoms with Crippen molar-refractivity contribution in [1.29, 1.82) is 0 Å². The molecule has 0 bridgehead atoms. The molecule has 0 aliphatic rings. The van der Waals surface area contributed by atoms with Crippen LogP contribution in [0.3, 0.4) is 0 Å². The molecular formula is C10H8NO6S2. The van der Waals surface area contributed by atoms with Gasteiger partial charge in [0.1, 0.15) is 0 Å². The normalized spacial score (nSPS) is 12.7. The fourth-order valence-electron chi connectivity index (χ4n) is 1.70. The molecule has 2 aromatic carbocycles. The number of primary sulfonamides is 1. The zero-order chi connectivity index (χ0) is 14.4. The standard InChI is InChI=1S/C10H8NO6S2/c11-18(13,14)9-5-7(19(15,16)17)4-6-2-1-3-8(12)10(6)9/h1-5H,(H2,11,13,14)(H,15,16,17). The number of nitrogens with two attached hydrogens (primary N) is 1. The Morgan fingerprint density at radius 2 is 1.68 bits per heavy atom. The molecule has 1 radical (unpaired) electrons. The second kappa shape index (κ2) is 4.17. The first-order chi connectivity index (χ1) is 8.60. The molecule has 19 heavy (non-hydrogen) atoms. The summed E-state index contributed by atoms with van der Waals surface area (Å²) in [6.07, 6.45) is 0. The van der Waals surface area contributed by atoms with E-state index in [4.69, 9.17) is 9.69 Å². The Kier molecular flexibility index (Phi) is 3.01. The lowest BCUT2D eigenvalue weighted by molar-refractivity contribution is 0.359. The van der Waals surface area contributed by atoms with Crippen molar-refractivity contribution in [2.45, 2.75) is 9.79 Å². The van der Waals surface area contributed by atoms with Crippen molar-refractivity contribution in [3.8, 4) is 5.75 Å². The van der Waals surface area contributed by atoms with Crippen molar-refractivity contribution >= 4 is 30.9 Å². The summed E-state index contributed by atoms with van der Waals surface area (Å²) in [6, 6.07) is 5.48. The Hall–Kier alpha value is -1.68. The molecule has 0 saturated carbocycles. The molecule has 2 rings (SSSR count). The van der Waals surface area contributed by atoms with Gasteiger partial charge in [-0.2, -0.15) is 8.42 Å². The molecule has 0 aromatic heterocycles. The molecular weight excluding hydrogens is 294 g/mol. The third-order valence-corrected chi connectivity index (χ3v) is 4.25. The van der Waals surface area contributed by atoms with E-state index in [2.05, 4.69) is 0 Å². The van der Waals surface area contributed by atoms with Crippen molar-refractivity contribution in [3.05, 3.63) is 30.3 Å². The van der Waals surface area contributed by atoms with Gasteiger partial charge in [0, 0.05) is 5.39 Å². The van der Waals surface area contributed by atoms with E-state index in [9.17, 15) is 21.9 Å². The molecule has 0 aliphatic carbocycles. The van der Waals surface area contributed by atoms with Gasteiger partial charge < -0.3 is 0 Å². The van der Waals surface area contributed by atoms with Gasteiger partial charge in [-0.15, -0.1) is 0 Å². The molecule has 3 N–H and O–H groups in total. The van der Waals surface area contributed by atoms with E-state index in [0.717, 1.165) is 12.1 Å². The lowest BCUT2D eigenvalue weighted by Gasteiger charge is -2.07. The maximum atomic E-state index is 11.7. The van der Waals surface area contributed by atoms with E-state index >= 15 is 0 Å². The Labute approximate surface area is 109 Å². The van der Waals surface area contributed by atoms with Crippen LogP contribution >= 0.6 is 0 Å². The van der Waals surface area contributed by atoms with E-state index < -0.39 is 35.7 Å². The molecule has 7 nitrogen and oxygen atoms in total. The van der Waals surface area contributed by atoms with Crippen LogP contribution in [0.1, 0.15) is 0 Å². The molecule has 9 heteroatoms. The number of benzene rings is 2. The molecule has 0 amide bonds. The molecule has 101 valence electrons. The summed E-state index contributed by atoms with van der Waals surface area (Å²) in [5, 5.41) is 16.5. The highest BCUT2D eigenvalue weighted by Crippen LogP contribution is 2.33. The molecule has 0 saturated heterocycles. The van der Waals surface area contributed by atoms with Gasteiger partial charge in [0.2, 0.25) is 10.0 Å². The van der Waals surface area contributed by atoms with Crippen LogP contribution < -0.4 is 5.14 Å². The Morgan fingerprint density at radius 3 is 2.21 bits per heavy atom. The lowest BCUT2D eigenvalue weighted by atomic mass is 10.1. The molecule has 0 unspecified atom stereocenters. The summed E-state index contributed by atoms with van der Waals surface area (Å²) in [5.74, 6) is -0.608. The van der Waals surface area contributed by atoms with Crippen molar-refractivity contribution in [2.24, 2.45) is 5.14 Å². The number of rotatable bonds is 2. The van der Waals surface area contributed by atoms with Crippen LogP contribution in [0, 0.1) is 0 Å². The second-order valence-corrected chi connectivity index (χ2v) is 6.75. The maximum absolute atomic E-state index is 11.7. The molecule has 0 heterocycles. The first-order valence-electron chi connectivity index (χ1n) is 4.85. The van der Waals surface area contributed by atoms with E-state index in [1.54, 1.807) is 0 Å². The number of hydrogen-bond donors (Lipinski definition) is 2. The number of fused-ring (bicyclic) bond motifs is 1. The minimum Gasteiger partial charge on any atom is -0.289 e. The van der Waals surface area contributed by atoms with E-state index in [0.29, 0.717) is 6.07 Å². The molecule has 0 spiro atoms. The predicted molar refractivity (Wildman–Crippen MR) is 65.3 cm³/mol. The quantitative estimate of drug-likeness (QED) is 0.794. The average molecular weight is 302 g/mol. The van der Waals surface area contributed by atoms with Crippen LogP contribution in [0.25, 0.3) is 10.8 Å². The minimum absolute atomic E-state index is 0.0617.